The summed E-state index contributed by atoms with van der Waals surface area (Å²) in [6.07, 6.45) is 1.64. The zero-order chi connectivity index (χ0) is 17.6. The number of carbonyl (C=O) groups is 1. The summed E-state index contributed by atoms with van der Waals surface area (Å²) in [4.78, 5) is 20.3. The average Bonchev–Trinajstić information content (AvgIpc) is 2.63. The van der Waals surface area contributed by atoms with Crippen LogP contribution in [0.4, 0.5) is 15.0 Å². The molecule has 1 saturated heterocycles. The summed E-state index contributed by atoms with van der Waals surface area (Å²) in [6.45, 7) is 3.37. The molecule has 132 valence electrons. The molecule has 1 aliphatic rings. The predicted molar refractivity (Wildman–Crippen MR) is 93.1 cm³/mol. The number of amides is 2. The van der Waals surface area contributed by atoms with Crippen molar-refractivity contribution in [3.63, 3.8) is 0 Å². The lowest BCUT2D eigenvalue weighted by Crippen LogP contribution is -2.49. The maximum Gasteiger partial charge on any atom is 0.323 e. The molecule has 7 heteroatoms. The van der Waals surface area contributed by atoms with Gasteiger partial charge in [0.25, 0.3) is 0 Å². The van der Waals surface area contributed by atoms with Gasteiger partial charge in [0.05, 0.1) is 7.11 Å². The van der Waals surface area contributed by atoms with Crippen molar-refractivity contribution in [3.8, 4) is 5.75 Å². The number of carbonyl (C=O) groups excluding carboxylic acids is 1. The summed E-state index contributed by atoms with van der Waals surface area (Å²) >= 11 is 0. The van der Waals surface area contributed by atoms with Gasteiger partial charge in [0.1, 0.15) is 5.82 Å². The minimum absolute atomic E-state index is 0.145. The van der Waals surface area contributed by atoms with Crippen molar-refractivity contribution in [2.75, 3.05) is 38.6 Å². The molecule has 0 spiro atoms. The van der Waals surface area contributed by atoms with E-state index in [-0.39, 0.29) is 17.6 Å². The lowest BCUT2D eigenvalue weighted by atomic mass is 10.2. The number of anilines is 1. The molecule has 1 fully saturated rings. The van der Waals surface area contributed by atoms with Crippen LogP contribution in [-0.2, 0) is 6.54 Å². The molecular formula is C18H21FN4O2. The smallest absolute Gasteiger partial charge is 0.323 e. The third kappa shape index (κ3) is 4.45. The molecule has 0 aliphatic carbocycles. The number of aromatic nitrogens is 1. The van der Waals surface area contributed by atoms with Crippen molar-refractivity contribution < 1.29 is 13.9 Å². The predicted octanol–water partition coefficient (Wildman–Crippen LogP) is 2.58. The summed E-state index contributed by atoms with van der Waals surface area (Å²) in [7, 11) is 1.45. The summed E-state index contributed by atoms with van der Waals surface area (Å²) in [6, 6.07) is 10.2. The van der Waals surface area contributed by atoms with Gasteiger partial charge in [-0.25, -0.2) is 14.2 Å². The quantitative estimate of drug-likeness (QED) is 0.926. The molecule has 0 bridgehead atoms. The Balaban J connectivity index is 1.50. The lowest BCUT2D eigenvalue weighted by molar-refractivity contribution is 0.143. The molecule has 1 N–H and O–H groups in total. The molecular weight excluding hydrogens is 323 g/mol. The van der Waals surface area contributed by atoms with Crippen LogP contribution in [0, 0.1) is 5.82 Å². The van der Waals surface area contributed by atoms with E-state index in [0.29, 0.717) is 25.5 Å². The highest BCUT2D eigenvalue weighted by atomic mass is 19.1. The van der Waals surface area contributed by atoms with Crippen molar-refractivity contribution in [2.24, 2.45) is 0 Å². The van der Waals surface area contributed by atoms with Crippen LogP contribution < -0.4 is 10.1 Å². The monoisotopic (exact) mass is 344 g/mol. The number of hydrogen-bond donors (Lipinski definition) is 1. The van der Waals surface area contributed by atoms with Crippen molar-refractivity contribution in [1.82, 2.24) is 14.8 Å². The van der Waals surface area contributed by atoms with Crippen molar-refractivity contribution >= 4 is 11.8 Å². The van der Waals surface area contributed by atoms with E-state index in [0.717, 1.165) is 18.7 Å². The van der Waals surface area contributed by atoms with E-state index in [1.807, 2.05) is 12.1 Å². The minimum atomic E-state index is -0.353. The SMILES string of the molecule is COc1ccc(CN2CCN(C(=O)Nc3ccccn3)CC2)cc1F. The second-order valence-corrected chi connectivity index (χ2v) is 5.88. The third-order valence-electron chi connectivity index (χ3n) is 4.18. The molecule has 0 radical (unpaired) electrons. The zero-order valence-corrected chi connectivity index (χ0v) is 14.1. The number of methoxy groups -OCH3 is 1. The second kappa shape index (κ2) is 7.94. The Morgan fingerprint density at radius 3 is 2.68 bits per heavy atom. The van der Waals surface area contributed by atoms with Gasteiger partial charge in [0, 0.05) is 38.9 Å². The van der Waals surface area contributed by atoms with Crippen molar-refractivity contribution in [1.29, 1.82) is 0 Å². The van der Waals surface area contributed by atoms with Gasteiger partial charge in [-0.1, -0.05) is 12.1 Å². The van der Waals surface area contributed by atoms with Gasteiger partial charge in [0.15, 0.2) is 11.6 Å². The highest BCUT2D eigenvalue weighted by molar-refractivity contribution is 5.88. The Morgan fingerprint density at radius 2 is 2.04 bits per heavy atom. The molecule has 0 atom stereocenters. The van der Waals surface area contributed by atoms with Crippen LogP contribution in [0.5, 0.6) is 5.75 Å². The van der Waals surface area contributed by atoms with Crippen LogP contribution in [0.3, 0.4) is 0 Å². The van der Waals surface area contributed by atoms with E-state index in [4.69, 9.17) is 4.74 Å². The van der Waals surface area contributed by atoms with Gasteiger partial charge < -0.3 is 9.64 Å². The van der Waals surface area contributed by atoms with Crippen LogP contribution in [0.1, 0.15) is 5.56 Å². The Labute approximate surface area is 146 Å². The molecule has 2 amide bonds. The first-order chi connectivity index (χ1) is 12.2. The molecule has 1 aromatic carbocycles. The van der Waals surface area contributed by atoms with Crippen molar-refractivity contribution in [3.05, 3.63) is 54.0 Å². The van der Waals surface area contributed by atoms with Gasteiger partial charge in [-0.3, -0.25) is 10.2 Å². The molecule has 2 heterocycles. The molecule has 1 aliphatic heterocycles. The van der Waals surface area contributed by atoms with E-state index >= 15 is 0 Å². The molecule has 3 rings (SSSR count). The van der Waals surface area contributed by atoms with Crippen LogP contribution >= 0.6 is 0 Å². The van der Waals surface area contributed by atoms with E-state index in [1.165, 1.54) is 13.2 Å². The molecule has 25 heavy (non-hydrogen) atoms. The van der Waals surface area contributed by atoms with Crippen LogP contribution in [-0.4, -0.2) is 54.1 Å². The Bertz CT molecular complexity index is 718. The molecule has 0 saturated carbocycles. The number of halogens is 1. The number of nitrogens with one attached hydrogen (secondary N) is 1. The van der Waals surface area contributed by atoms with Crippen LogP contribution in [0.15, 0.2) is 42.6 Å². The summed E-state index contributed by atoms with van der Waals surface area (Å²) in [5.74, 6) is 0.441. The molecule has 0 unspecified atom stereocenters. The fourth-order valence-corrected chi connectivity index (χ4v) is 2.80. The number of ether oxygens (including phenoxy) is 1. The minimum Gasteiger partial charge on any atom is -0.494 e. The first-order valence-corrected chi connectivity index (χ1v) is 8.17. The van der Waals surface area contributed by atoms with E-state index in [2.05, 4.69) is 15.2 Å². The van der Waals surface area contributed by atoms with Crippen molar-refractivity contribution in [2.45, 2.75) is 6.54 Å². The number of piperazine rings is 1. The molecule has 1 aromatic heterocycles. The van der Waals surface area contributed by atoms with E-state index < -0.39 is 0 Å². The van der Waals surface area contributed by atoms with Gasteiger partial charge in [-0.2, -0.15) is 0 Å². The largest absolute Gasteiger partial charge is 0.494 e. The van der Waals surface area contributed by atoms with Gasteiger partial charge in [0.2, 0.25) is 0 Å². The Morgan fingerprint density at radius 1 is 1.24 bits per heavy atom. The topological polar surface area (TPSA) is 57.7 Å². The highest BCUT2D eigenvalue weighted by Gasteiger charge is 2.21. The Hall–Kier alpha value is -2.67. The lowest BCUT2D eigenvalue weighted by Gasteiger charge is -2.34. The second-order valence-electron chi connectivity index (χ2n) is 5.88. The fourth-order valence-electron chi connectivity index (χ4n) is 2.80. The van der Waals surface area contributed by atoms with Gasteiger partial charge in [-0.05, 0) is 29.8 Å². The van der Waals surface area contributed by atoms with Gasteiger partial charge in [-0.15, -0.1) is 0 Å². The Kier molecular flexibility index (Phi) is 5.45. The van der Waals surface area contributed by atoms with E-state index in [9.17, 15) is 9.18 Å². The first kappa shape index (κ1) is 17.2. The molecule has 2 aromatic rings. The molecule has 6 nitrogen and oxygen atoms in total. The summed E-state index contributed by atoms with van der Waals surface area (Å²) in [5.41, 5.74) is 0.893. The first-order valence-electron chi connectivity index (χ1n) is 8.17. The maximum absolute atomic E-state index is 13.8. The number of pyridine rings is 1. The fraction of sp³-hybridized carbons (Fsp3) is 0.333. The zero-order valence-electron chi connectivity index (χ0n) is 14.1. The normalized spacial score (nSPS) is 15.0. The van der Waals surface area contributed by atoms with Crippen LogP contribution in [0.2, 0.25) is 0 Å². The number of benzene rings is 1. The number of urea groups is 1. The van der Waals surface area contributed by atoms with Crippen LogP contribution in [0.25, 0.3) is 0 Å². The average molecular weight is 344 g/mol. The highest BCUT2D eigenvalue weighted by Crippen LogP contribution is 2.19. The van der Waals surface area contributed by atoms with Gasteiger partial charge >= 0.3 is 6.03 Å². The number of hydrogen-bond acceptors (Lipinski definition) is 4. The number of rotatable bonds is 4. The summed E-state index contributed by atoms with van der Waals surface area (Å²) < 4.78 is 18.7. The summed E-state index contributed by atoms with van der Waals surface area (Å²) in [5, 5.41) is 2.79. The number of nitrogens with zero attached hydrogens (tertiary/aromatic N) is 3. The third-order valence-corrected chi connectivity index (χ3v) is 4.18. The standard InChI is InChI=1S/C18H21FN4O2/c1-25-16-6-5-14(12-15(16)19)13-22-8-10-23(11-9-22)18(24)21-17-4-2-3-7-20-17/h2-7,12H,8-11,13H2,1H3,(H,20,21,24). The maximum atomic E-state index is 13.8. The van der Waals surface area contributed by atoms with E-state index in [1.54, 1.807) is 29.3 Å².